The number of carboxylic acids is 1. The summed E-state index contributed by atoms with van der Waals surface area (Å²) in [6.07, 6.45) is 0. The molecule has 125 valence electrons. The largest absolute Gasteiger partial charge is 0.494 e. The fourth-order valence-corrected chi connectivity index (χ4v) is 2.70. The van der Waals surface area contributed by atoms with E-state index in [9.17, 15) is 9.90 Å². The van der Waals surface area contributed by atoms with Crippen molar-refractivity contribution in [3.8, 4) is 11.4 Å². The van der Waals surface area contributed by atoms with E-state index in [0.717, 1.165) is 0 Å². The van der Waals surface area contributed by atoms with Gasteiger partial charge in [-0.05, 0) is 42.3 Å². The molecule has 0 fully saturated rings. The van der Waals surface area contributed by atoms with Crippen LogP contribution in [0.3, 0.4) is 0 Å². The Balaban J connectivity index is 1.94. The van der Waals surface area contributed by atoms with Crippen LogP contribution in [0, 0.1) is 0 Å². The lowest BCUT2D eigenvalue weighted by Crippen LogP contribution is -2.30. The average Bonchev–Trinajstić information content (AvgIpc) is 3.25. The van der Waals surface area contributed by atoms with E-state index >= 15 is 0 Å². The van der Waals surface area contributed by atoms with Crippen molar-refractivity contribution in [1.29, 1.82) is 0 Å². The Morgan fingerprint density at radius 3 is 2.84 bits per heavy atom. The Hall–Kier alpha value is -3.49. The Bertz CT molecular complexity index is 1120. The van der Waals surface area contributed by atoms with Crippen LogP contribution >= 0.6 is 0 Å². The van der Waals surface area contributed by atoms with Crippen LogP contribution < -0.4 is 21.0 Å². The van der Waals surface area contributed by atoms with Gasteiger partial charge in [-0.3, -0.25) is 4.79 Å². The number of carbonyl (C=O) groups is 1. The minimum atomic E-state index is -0.957. The van der Waals surface area contributed by atoms with Gasteiger partial charge in [0.1, 0.15) is 22.0 Å². The second-order valence-electron chi connectivity index (χ2n) is 5.57. The van der Waals surface area contributed by atoms with Crippen molar-refractivity contribution < 1.29 is 14.6 Å². The number of hydrogen-bond donors (Lipinski definition) is 1. The van der Waals surface area contributed by atoms with Crippen molar-refractivity contribution in [2.24, 2.45) is 10.2 Å². The number of benzene rings is 2. The molecule has 0 saturated heterocycles. The molecule has 2 aromatic carbocycles. The molecule has 2 heterocycles. The predicted molar refractivity (Wildman–Crippen MR) is 85.9 cm³/mol. The van der Waals surface area contributed by atoms with Gasteiger partial charge in [0.15, 0.2) is 5.52 Å². The molecule has 0 bridgehead atoms. The SMILES string of the molecule is COc1cccc2nn(-c3cc(C(C)C(=O)O)c4c(c3)=N[N]N=4)nc12. The molecular formula is C16H13N6O3. The molecule has 1 aliphatic heterocycles. The van der Waals surface area contributed by atoms with Crippen LogP contribution in [0.2, 0.25) is 0 Å². The summed E-state index contributed by atoms with van der Waals surface area (Å²) in [5, 5.41) is 27.1. The summed E-state index contributed by atoms with van der Waals surface area (Å²) >= 11 is 0. The van der Waals surface area contributed by atoms with Gasteiger partial charge in [-0.1, -0.05) is 6.07 Å². The summed E-state index contributed by atoms with van der Waals surface area (Å²) in [5.74, 6) is -1.11. The van der Waals surface area contributed by atoms with Crippen LogP contribution in [0.15, 0.2) is 40.5 Å². The lowest BCUT2D eigenvalue weighted by Gasteiger charge is -2.08. The maximum atomic E-state index is 11.4. The minimum absolute atomic E-state index is 0.466. The molecule has 0 aliphatic carbocycles. The van der Waals surface area contributed by atoms with E-state index in [0.29, 0.717) is 38.7 Å². The lowest BCUT2D eigenvalue weighted by molar-refractivity contribution is -0.138. The Kier molecular flexibility index (Phi) is 3.34. The monoisotopic (exact) mass is 337 g/mol. The highest BCUT2D eigenvalue weighted by molar-refractivity contribution is 5.80. The molecule has 9 heteroatoms. The molecule has 25 heavy (non-hydrogen) atoms. The molecule has 4 rings (SSSR count). The van der Waals surface area contributed by atoms with E-state index in [1.807, 2.05) is 12.1 Å². The number of ether oxygens (including phenoxy) is 1. The molecule has 1 radical (unpaired) electrons. The highest BCUT2D eigenvalue weighted by atomic mass is 16.5. The van der Waals surface area contributed by atoms with Crippen molar-refractivity contribution in [3.63, 3.8) is 0 Å². The number of methoxy groups -OCH3 is 1. The van der Waals surface area contributed by atoms with Crippen LogP contribution in [0.1, 0.15) is 18.4 Å². The summed E-state index contributed by atoms with van der Waals surface area (Å²) in [6.45, 7) is 1.59. The van der Waals surface area contributed by atoms with Gasteiger partial charge >= 0.3 is 5.97 Å². The van der Waals surface area contributed by atoms with Crippen molar-refractivity contribution in [1.82, 2.24) is 20.5 Å². The zero-order valence-electron chi connectivity index (χ0n) is 13.4. The molecule has 1 unspecified atom stereocenters. The van der Waals surface area contributed by atoms with E-state index in [2.05, 4.69) is 25.9 Å². The molecule has 0 saturated carbocycles. The van der Waals surface area contributed by atoms with Crippen LogP contribution in [0.4, 0.5) is 0 Å². The number of carboxylic acid groups (broad SMARTS) is 1. The number of nitrogens with zero attached hydrogens (tertiary/aromatic N) is 6. The van der Waals surface area contributed by atoms with Gasteiger partial charge < -0.3 is 9.84 Å². The fourth-order valence-electron chi connectivity index (χ4n) is 2.70. The van der Waals surface area contributed by atoms with Crippen molar-refractivity contribution in [3.05, 3.63) is 46.6 Å². The molecule has 1 aliphatic rings. The standard InChI is InChI=1S/C16H13N6O3/c1-8(16(23)24)10-6-9(7-12-14(10)18-21-17-12)22-19-11-4-3-5-13(25-2)15(11)20-22/h3-8H,1-2H3,(H,23,24). The highest BCUT2D eigenvalue weighted by Gasteiger charge is 2.20. The quantitative estimate of drug-likeness (QED) is 0.735. The normalized spacial score (nSPS) is 13.5. The van der Waals surface area contributed by atoms with E-state index in [-0.39, 0.29) is 0 Å². The second kappa shape index (κ2) is 5.55. The number of rotatable bonds is 4. The average molecular weight is 337 g/mol. The smallest absolute Gasteiger partial charge is 0.310 e. The van der Waals surface area contributed by atoms with Gasteiger partial charge in [-0.2, -0.15) is 4.80 Å². The maximum absolute atomic E-state index is 11.4. The zero-order chi connectivity index (χ0) is 17.6. The summed E-state index contributed by atoms with van der Waals surface area (Å²) in [5.41, 5.74) is 6.02. The van der Waals surface area contributed by atoms with Gasteiger partial charge in [0, 0.05) is 0 Å². The third-order valence-corrected chi connectivity index (χ3v) is 4.06. The predicted octanol–water partition coefficient (Wildman–Crippen LogP) is 0.304. The minimum Gasteiger partial charge on any atom is -0.494 e. The highest BCUT2D eigenvalue weighted by Crippen LogP contribution is 2.23. The molecule has 1 aromatic heterocycles. The van der Waals surface area contributed by atoms with Crippen molar-refractivity contribution in [2.75, 3.05) is 7.11 Å². The van der Waals surface area contributed by atoms with Crippen LogP contribution in [0.5, 0.6) is 5.75 Å². The first-order valence-electron chi connectivity index (χ1n) is 7.51. The Morgan fingerprint density at radius 2 is 2.08 bits per heavy atom. The number of aromatic nitrogens is 3. The van der Waals surface area contributed by atoms with E-state index in [4.69, 9.17) is 4.74 Å². The third kappa shape index (κ3) is 2.36. The van der Waals surface area contributed by atoms with Gasteiger partial charge in [0.25, 0.3) is 0 Å². The molecule has 3 aromatic rings. The summed E-state index contributed by atoms with van der Waals surface area (Å²) in [7, 11) is 1.57. The lowest BCUT2D eigenvalue weighted by atomic mass is 10.00. The van der Waals surface area contributed by atoms with Gasteiger partial charge in [0.2, 0.25) is 0 Å². The summed E-state index contributed by atoms with van der Waals surface area (Å²) in [4.78, 5) is 12.8. The van der Waals surface area contributed by atoms with Gasteiger partial charge in [-0.25, -0.2) is 0 Å². The number of hydrogen-bond acceptors (Lipinski definition) is 6. The number of aliphatic carboxylic acids is 1. The molecule has 0 amide bonds. The molecule has 1 atom stereocenters. The van der Waals surface area contributed by atoms with Crippen LogP contribution in [-0.2, 0) is 4.79 Å². The molecule has 9 nitrogen and oxygen atoms in total. The first-order chi connectivity index (χ1) is 12.1. The fraction of sp³-hybridized carbons (Fsp3) is 0.188. The van der Waals surface area contributed by atoms with Gasteiger partial charge in [0.05, 0.1) is 18.7 Å². The summed E-state index contributed by atoms with van der Waals surface area (Å²) < 4.78 is 5.30. The summed E-state index contributed by atoms with van der Waals surface area (Å²) in [6, 6.07) is 8.87. The zero-order valence-corrected chi connectivity index (χ0v) is 13.4. The first kappa shape index (κ1) is 15.1. The van der Waals surface area contributed by atoms with Crippen LogP contribution in [-0.4, -0.2) is 33.2 Å². The molecule has 1 N–H and O–H groups in total. The van der Waals surface area contributed by atoms with Gasteiger partial charge in [-0.15, -0.1) is 20.4 Å². The molecule has 0 spiro atoms. The van der Waals surface area contributed by atoms with E-state index < -0.39 is 11.9 Å². The third-order valence-electron chi connectivity index (χ3n) is 4.06. The number of fused-ring (bicyclic) bond motifs is 2. The van der Waals surface area contributed by atoms with Crippen LogP contribution in [0.25, 0.3) is 16.7 Å². The molecular weight excluding hydrogens is 324 g/mol. The topological polar surface area (TPSA) is 116 Å². The maximum Gasteiger partial charge on any atom is 0.310 e. The second-order valence-corrected chi connectivity index (χ2v) is 5.57. The van der Waals surface area contributed by atoms with E-state index in [1.165, 1.54) is 4.80 Å². The van der Waals surface area contributed by atoms with Crippen molar-refractivity contribution in [2.45, 2.75) is 12.8 Å². The van der Waals surface area contributed by atoms with Crippen molar-refractivity contribution >= 4 is 17.0 Å². The Labute approximate surface area is 141 Å². The van der Waals surface area contributed by atoms with E-state index in [1.54, 1.807) is 32.2 Å². The Morgan fingerprint density at radius 1 is 1.24 bits per heavy atom. The first-order valence-corrected chi connectivity index (χ1v) is 7.51.